The maximum absolute atomic E-state index is 12.4. The molecule has 1 aliphatic carbocycles. The Morgan fingerprint density at radius 3 is 2.46 bits per heavy atom. The van der Waals surface area contributed by atoms with E-state index in [1.807, 2.05) is 30.3 Å². The molecule has 3 N–H and O–H groups in total. The summed E-state index contributed by atoms with van der Waals surface area (Å²) in [6.45, 7) is 0. The molecular formula is C18H20ClN3OS. The first-order valence-corrected chi connectivity index (χ1v) is 9.34. The topological polar surface area (TPSA) is 67.5 Å². The molecule has 0 unspecified atom stereocenters. The van der Waals surface area contributed by atoms with Crippen molar-refractivity contribution in [2.75, 3.05) is 5.73 Å². The molecular weight excluding hydrogens is 342 g/mol. The largest absolute Gasteiger partial charge is 0.397 e. The first kappa shape index (κ1) is 17.0. The molecule has 1 aromatic heterocycles. The Morgan fingerprint density at radius 1 is 1.12 bits per heavy atom. The van der Waals surface area contributed by atoms with Gasteiger partial charge in [0.2, 0.25) is 0 Å². The average molecular weight is 362 g/mol. The summed E-state index contributed by atoms with van der Waals surface area (Å²) in [7, 11) is 0. The number of rotatable bonds is 3. The lowest BCUT2D eigenvalue weighted by atomic mass is 10.2. The van der Waals surface area contributed by atoms with Crippen LogP contribution in [0.4, 0.5) is 5.69 Å². The molecule has 1 saturated carbocycles. The summed E-state index contributed by atoms with van der Waals surface area (Å²) >= 11 is 7.28. The number of nitrogens with zero attached hydrogens (tertiary/aromatic N) is 1. The number of amides is 1. The molecule has 1 heterocycles. The van der Waals surface area contributed by atoms with Gasteiger partial charge in [-0.05, 0) is 49.4 Å². The lowest BCUT2D eigenvalue weighted by molar-refractivity contribution is 0.0959. The van der Waals surface area contributed by atoms with Crippen molar-refractivity contribution in [3.05, 3.63) is 40.2 Å². The second kappa shape index (κ2) is 7.81. The van der Waals surface area contributed by atoms with Gasteiger partial charge < -0.3 is 5.73 Å². The highest BCUT2D eigenvalue weighted by Gasteiger charge is 2.15. The molecule has 4 nitrogen and oxygen atoms in total. The molecule has 0 aliphatic heterocycles. The first-order chi connectivity index (χ1) is 11.6. The summed E-state index contributed by atoms with van der Waals surface area (Å²) in [5.74, 6) is -0.241. The normalized spacial score (nSPS) is 15.0. The first-order valence-electron chi connectivity index (χ1n) is 8.14. The fraction of sp³-hybridized carbons (Fsp3) is 0.333. The van der Waals surface area contributed by atoms with Gasteiger partial charge in [0.1, 0.15) is 4.88 Å². The van der Waals surface area contributed by atoms with Crippen LogP contribution in [0.3, 0.4) is 0 Å². The van der Waals surface area contributed by atoms with E-state index < -0.39 is 0 Å². The third kappa shape index (κ3) is 4.16. The fourth-order valence-corrected chi connectivity index (χ4v) is 3.87. The van der Waals surface area contributed by atoms with E-state index in [1.54, 1.807) is 0 Å². The number of thiophene rings is 1. The van der Waals surface area contributed by atoms with Crippen molar-refractivity contribution in [3.63, 3.8) is 0 Å². The predicted molar refractivity (Wildman–Crippen MR) is 102 cm³/mol. The van der Waals surface area contributed by atoms with E-state index in [9.17, 15) is 4.79 Å². The maximum Gasteiger partial charge on any atom is 0.283 e. The van der Waals surface area contributed by atoms with Crippen LogP contribution >= 0.6 is 22.9 Å². The zero-order chi connectivity index (χ0) is 16.9. The molecule has 24 heavy (non-hydrogen) atoms. The summed E-state index contributed by atoms with van der Waals surface area (Å²) in [4.78, 5) is 13.8. The van der Waals surface area contributed by atoms with Crippen molar-refractivity contribution < 1.29 is 4.79 Å². The van der Waals surface area contributed by atoms with Crippen LogP contribution in [0.25, 0.3) is 10.4 Å². The number of hydrogen-bond donors (Lipinski definition) is 2. The highest BCUT2D eigenvalue weighted by atomic mass is 35.5. The van der Waals surface area contributed by atoms with Gasteiger partial charge in [-0.1, -0.05) is 36.6 Å². The molecule has 6 heteroatoms. The van der Waals surface area contributed by atoms with Crippen molar-refractivity contribution in [1.29, 1.82) is 0 Å². The number of nitrogen functional groups attached to an aromatic ring is 1. The van der Waals surface area contributed by atoms with E-state index >= 15 is 0 Å². The van der Waals surface area contributed by atoms with Crippen LogP contribution in [0.15, 0.2) is 35.4 Å². The van der Waals surface area contributed by atoms with E-state index in [-0.39, 0.29) is 5.91 Å². The van der Waals surface area contributed by atoms with Gasteiger partial charge in [-0.2, -0.15) is 5.10 Å². The third-order valence-electron chi connectivity index (χ3n) is 4.09. The van der Waals surface area contributed by atoms with Gasteiger partial charge in [0.25, 0.3) is 5.91 Å². The molecule has 126 valence electrons. The van der Waals surface area contributed by atoms with Crippen LogP contribution < -0.4 is 11.2 Å². The number of nitrogens with one attached hydrogen (secondary N) is 1. The second-order valence-corrected chi connectivity index (χ2v) is 7.42. The smallest absolute Gasteiger partial charge is 0.283 e. The number of halogens is 1. The summed E-state index contributed by atoms with van der Waals surface area (Å²) in [5, 5.41) is 4.99. The summed E-state index contributed by atoms with van der Waals surface area (Å²) < 4.78 is 0. The SMILES string of the molecule is Nc1cc(-c2ccc(Cl)cc2)sc1C(=O)NN=C1CCCCCC1. The van der Waals surface area contributed by atoms with E-state index in [2.05, 4.69) is 10.5 Å². The Morgan fingerprint density at radius 2 is 1.79 bits per heavy atom. The summed E-state index contributed by atoms with van der Waals surface area (Å²) in [6, 6.07) is 9.30. The lowest BCUT2D eigenvalue weighted by Gasteiger charge is -2.03. The van der Waals surface area contributed by atoms with Crippen LogP contribution in [-0.2, 0) is 0 Å². The summed E-state index contributed by atoms with van der Waals surface area (Å²) in [6.07, 6.45) is 6.73. The number of anilines is 1. The molecule has 3 rings (SSSR count). The van der Waals surface area contributed by atoms with E-state index in [0.717, 1.165) is 41.8 Å². The van der Waals surface area contributed by atoms with Gasteiger partial charge in [-0.15, -0.1) is 11.3 Å². The van der Waals surface area contributed by atoms with Crippen molar-refractivity contribution >= 4 is 40.2 Å². The van der Waals surface area contributed by atoms with Gasteiger partial charge in [0.05, 0.1) is 5.69 Å². The molecule has 0 bridgehead atoms. The predicted octanol–water partition coefficient (Wildman–Crippen LogP) is 5.09. The Bertz CT molecular complexity index is 742. The monoisotopic (exact) mass is 361 g/mol. The molecule has 2 aromatic rings. The van der Waals surface area contributed by atoms with Gasteiger partial charge in [0.15, 0.2) is 0 Å². The van der Waals surface area contributed by atoms with E-state index in [0.29, 0.717) is 15.6 Å². The zero-order valence-corrected chi connectivity index (χ0v) is 14.9. The number of carbonyl (C=O) groups is 1. The second-order valence-electron chi connectivity index (χ2n) is 5.94. The average Bonchev–Trinajstić information content (AvgIpc) is 2.80. The lowest BCUT2D eigenvalue weighted by Crippen LogP contribution is -2.19. The van der Waals surface area contributed by atoms with Crippen LogP contribution in [-0.4, -0.2) is 11.6 Å². The van der Waals surface area contributed by atoms with E-state index in [1.165, 1.54) is 24.2 Å². The number of benzene rings is 1. The third-order valence-corrected chi connectivity index (χ3v) is 5.54. The van der Waals surface area contributed by atoms with Gasteiger partial charge in [-0.3, -0.25) is 4.79 Å². The molecule has 1 aliphatic rings. The summed E-state index contributed by atoms with van der Waals surface area (Å²) in [5.41, 5.74) is 11.2. The number of carbonyl (C=O) groups excluding carboxylic acids is 1. The Balaban J connectivity index is 1.73. The van der Waals surface area contributed by atoms with Crippen molar-refractivity contribution in [2.45, 2.75) is 38.5 Å². The van der Waals surface area contributed by atoms with Crippen LogP contribution in [0.5, 0.6) is 0 Å². The molecule has 0 spiro atoms. The molecule has 1 aromatic carbocycles. The van der Waals surface area contributed by atoms with Crippen molar-refractivity contribution in [1.82, 2.24) is 5.43 Å². The number of hydrazone groups is 1. The van der Waals surface area contributed by atoms with E-state index in [4.69, 9.17) is 17.3 Å². The molecule has 0 atom stereocenters. The van der Waals surface area contributed by atoms with Gasteiger partial charge in [-0.25, -0.2) is 5.43 Å². The minimum absolute atomic E-state index is 0.241. The number of hydrogen-bond acceptors (Lipinski definition) is 4. The number of nitrogens with two attached hydrogens (primary N) is 1. The Hall–Kier alpha value is -1.85. The standard InChI is InChI=1S/C18H20ClN3OS/c19-13-9-7-12(8-10-13)16-11-15(20)17(24-16)18(23)22-21-14-5-3-1-2-4-6-14/h7-11H,1-6,20H2,(H,22,23). The minimum atomic E-state index is -0.241. The fourth-order valence-electron chi connectivity index (χ4n) is 2.77. The Kier molecular flexibility index (Phi) is 5.53. The van der Waals surface area contributed by atoms with Gasteiger partial charge in [0, 0.05) is 15.6 Å². The highest BCUT2D eigenvalue weighted by molar-refractivity contribution is 7.18. The molecule has 0 radical (unpaired) electrons. The quantitative estimate of drug-likeness (QED) is 0.590. The minimum Gasteiger partial charge on any atom is -0.397 e. The van der Waals surface area contributed by atoms with Crippen molar-refractivity contribution in [3.8, 4) is 10.4 Å². The van der Waals surface area contributed by atoms with Crippen molar-refractivity contribution in [2.24, 2.45) is 5.10 Å². The van der Waals surface area contributed by atoms with Gasteiger partial charge >= 0.3 is 0 Å². The van der Waals surface area contributed by atoms with Crippen LogP contribution in [0.1, 0.15) is 48.2 Å². The zero-order valence-electron chi connectivity index (χ0n) is 13.3. The molecule has 0 saturated heterocycles. The maximum atomic E-state index is 12.4. The Labute approximate surface area is 150 Å². The molecule has 1 amide bonds. The highest BCUT2D eigenvalue weighted by Crippen LogP contribution is 2.33. The van der Waals surface area contributed by atoms with Crippen LogP contribution in [0.2, 0.25) is 5.02 Å². The molecule has 1 fully saturated rings. The van der Waals surface area contributed by atoms with Crippen LogP contribution in [0, 0.1) is 0 Å².